The van der Waals surface area contributed by atoms with Crippen molar-refractivity contribution in [2.75, 3.05) is 18.6 Å². The highest BCUT2D eigenvalue weighted by atomic mass is 32.2. The molecule has 2 aromatic rings. The summed E-state index contributed by atoms with van der Waals surface area (Å²) in [5, 5.41) is 2.72. The van der Waals surface area contributed by atoms with E-state index >= 15 is 0 Å². The molecule has 0 radical (unpaired) electrons. The fraction of sp³-hybridized carbons (Fsp3) is 0.267. The van der Waals surface area contributed by atoms with Gasteiger partial charge in [-0.15, -0.1) is 0 Å². The first kappa shape index (κ1) is 15.3. The van der Waals surface area contributed by atoms with E-state index in [1.807, 2.05) is 41.2 Å². The second-order valence-corrected chi connectivity index (χ2v) is 7.14. The number of benzene rings is 1. The van der Waals surface area contributed by atoms with E-state index < -0.39 is 9.84 Å². The molecular weight excluding hydrogens is 288 g/mol. The van der Waals surface area contributed by atoms with Gasteiger partial charge in [-0.05, 0) is 42.8 Å². The van der Waals surface area contributed by atoms with Crippen LogP contribution in [0.15, 0.2) is 48.8 Å². The van der Waals surface area contributed by atoms with Gasteiger partial charge in [0.25, 0.3) is 5.91 Å². The van der Waals surface area contributed by atoms with Crippen LogP contribution in [-0.2, 0) is 9.84 Å². The molecule has 112 valence electrons. The van der Waals surface area contributed by atoms with Crippen molar-refractivity contribution < 1.29 is 13.2 Å². The molecule has 1 heterocycles. The molecule has 2 rings (SSSR count). The highest BCUT2D eigenvalue weighted by molar-refractivity contribution is 7.90. The van der Waals surface area contributed by atoms with Crippen LogP contribution in [0.4, 0.5) is 0 Å². The van der Waals surface area contributed by atoms with Crippen molar-refractivity contribution in [3.8, 4) is 5.69 Å². The smallest absolute Gasteiger partial charge is 0.251 e. The Labute approximate surface area is 124 Å². The minimum absolute atomic E-state index is 0.0832. The monoisotopic (exact) mass is 306 g/mol. The molecule has 0 aliphatic heterocycles. The number of rotatable bonds is 6. The normalized spacial score (nSPS) is 11.3. The van der Waals surface area contributed by atoms with Gasteiger partial charge in [0.1, 0.15) is 9.84 Å². The van der Waals surface area contributed by atoms with Gasteiger partial charge >= 0.3 is 0 Å². The Morgan fingerprint density at radius 3 is 2.33 bits per heavy atom. The number of carbonyl (C=O) groups is 1. The van der Waals surface area contributed by atoms with Gasteiger partial charge in [0.2, 0.25) is 0 Å². The van der Waals surface area contributed by atoms with Gasteiger partial charge in [0.15, 0.2) is 0 Å². The van der Waals surface area contributed by atoms with Crippen LogP contribution in [-0.4, -0.2) is 37.4 Å². The number of nitrogens with zero attached hydrogens (tertiary/aromatic N) is 1. The Kier molecular flexibility index (Phi) is 4.80. The number of sulfone groups is 1. The number of hydrogen-bond acceptors (Lipinski definition) is 3. The van der Waals surface area contributed by atoms with E-state index in [2.05, 4.69) is 5.32 Å². The van der Waals surface area contributed by atoms with Crippen molar-refractivity contribution in [3.05, 3.63) is 54.4 Å². The quantitative estimate of drug-likeness (QED) is 0.825. The van der Waals surface area contributed by atoms with Gasteiger partial charge in [-0.2, -0.15) is 0 Å². The zero-order valence-electron chi connectivity index (χ0n) is 11.8. The molecule has 0 saturated heterocycles. The first-order valence-corrected chi connectivity index (χ1v) is 8.71. The van der Waals surface area contributed by atoms with Gasteiger partial charge in [0.05, 0.1) is 5.75 Å². The summed E-state index contributed by atoms with van der Waals surface area (Å²) in [5.74, 6) is -0.109. The van der Waals surface area contributed by atoms with E-state index in [0.717, 1.165) is 5.69 Å². The summed E-state index contributed by atoms with van der Waals surface area (Å²) >= 11 is 0. The molecule has 0 spiro atoms. The van der Waals surface area contributed by atoms with E-state index in [0.29, 0.717) is 18.5 Å². The number of nitrogens with one attached hydrogen (secondary N) is 1. The van der Waals surface area contributed by atoms with Crippen LogP contribution in [0.3, 0.4) is 0 Å². The van der Waals surface area contributed by atoms with Gasteiger partial charge in [-0.1, -0.05) is 0 Å². The lowest BCUT2D eigenvalue weighted by Crippen LogP contribution is -2.25. The minimum atomic E-state index is -2.97. The first-order valence-electron chi connectivity index (χ1n) is 6.65. The zero-order valence-corrected chi connectivity index (χ0v) is 12.6. The van der Waals surface area contributed by atoms with Crippen LogP contribution < -0.4 is 5.32 Å². The molecule has 5 nitrogen and oxygen atoms in total. The van der Waals surface area contributed by atoms with Crippen molar-refractivity contribution in [2.45, 2.75) is 6.42 Å². The van der Waals surface area contributed by atoms with E-state index in [-0.39, 0.29) is 11.7 Å². The average molecular weight is 306 g/mol. The second-order valence-electron chi connectivity index (χ2n) is 4.88. The number of amides is 1. The van der Waals surface area contributed by atoms with Crippen LogP contribution >= 0.6 is 0 Å². The molecule has 0 aliphatic carbocycles. The highest BCUT2D eigenvalue weighted by Gasteiger charge is 2.06. The SMILES string of the molecule is CS(=O)(=O)CCCNC(=O)c1ccc(-n2cccc2)cc1. The Hall–Kier alpha value is -2.08. The molecule has 0 bridgehead atoms. The summed E-state index contributed by atoms with van der Waals surface area (Å²) in [6, 6.07) is 11.1. The Balaban J connectivity index is 1.88. The highest BCUT2D eigenvalue weighted by Crippen LogP contribution is 2.10. The lowest BCUT2D eigenvalue weighted by atomic mass is 10.2. The lowest BCUT2D eigenvalue weighted by Gasteiger charge is -2.07. The fourth-order valence-corrected chi connectivity index (χ4v) is 2.60. The largest absolute Gasteiger partial charge is 0.352 e. The maximum atomic E-state index is 11.9. The third-order valence-electron chi connectivity index (χ3n) is 3.01. The fourth-order valence-electron chi connectivity index (χ4n) is 1.93. The molecule has 0 unspecified atom stereocenters. The van der Waals surface area contributed by atoms with E-state index in [4.69, 9.17) is 0 Å². The van der Waals surface area contributed by atoms with Gasteiger partial charge in [-0.3, -0.25) is 4.79 Å². The maximum absolute atomic E-state index is 11.9. The Morgan fingerprint density at radius 1 is 1.14 bits per heavy atom. The third-order valence-corrected chi connectivity index (χ3v) is 4.04. The number of aromatic nitrogens is 1. The molecule has 0 atom stereocenters. The van der Waals surface area contributed by atoms with Crippen LogP contribution in [0.25, 0.3) is 5.69 Å². The summed E-state index contributed by atoms with van der Waals surface area (Å²) < 4.78 is 23.9. The van der Waals surface area contributed by atoms with Crippen molar-refractivity contribution in [1.29, 1.82) is 0 Å². The predicted molar refractivity (Wildman–Crippen MR) is 82.4 cm³/mol. The van der Waals surface area contributed by atoms with Gasteiger partial charge < -0.3 is 9.88 Å². The number of hydrogen-bond donors (Lipinski definition) is 1. The van der Waals surface area contributed by atoms with E-state index in [1.54, 1.807) is 12.1 Å². The van der Waals surface area contributed by atoms with Gasteiger partial charge in [0, 0.05) is 36.4 Å². The molecular formula is C15H18N2O3S. The summed E-state index contributed by atoms with van der Waals surface area (Å²) in [7, 11) is -2.97. The second kappa shape index (κ2) is 6.58. The van der Waals surface area contributed by atoms with Crippen LogP contribution in [0.5, 0.6) is 0 Å². The molecule has 1 aromatic carbocycles. The van der Waals surface area contributed by atoms with Crippen LogP contribution in [0.2, 0.25) is 0 Å². The molecule has 0 aliphatic rings. The van der Waals surface area contributed by atoms with Crippen molar-refractivity contribution in [3.63, 3.8) is 0 Å². The summed E-state index contributed by atoms with van der Waals surface area (Å²) in [5.41, 5.74) is 1.54. The van der Waals surface area contributed by atoms with Crippen molar-refractivity contribution in [1.82, 2.24) is 9.88 Å². The number of carbonyl (C=O) groups excluding carboxylic acids is 1. The van der Waals surface area contributed by atoms with Crippen molar-refractivity contribution >= 4 is 15.7 Å². The molecule has 1 aromatic heterocycles. The van der Waals surface area contributed by atoms with Crippen molar-refractivity contribution in [2.24, 2.45) is 0 Å². The van der Waals surface area contributed by atoms with Crippen LogP contribution in [0, 0.1) is 0 Å². The molecule has 0 saturated carbocycles. The third kappa shape index (κ3) is 4.75. The lowest BCUT2D eigenvalue weighted by molar-refractivity contribution is 0.0953. The Morgan fingerprint density at radius 2 is 1.76 bits per heavy atom. The first-order chi connectivity index (χ1) is 9.96. The molecule has 6 heteroatoms. The van der Waals surface area contributed by atoms with Gasteiger partial charge in [-0.25, -0.2) is 8.42 Å². The summed E-state index contributed by atoms with van der Waals surface area (Å²) in [6.45, 7) is 0.352. The molecule has 0 fully saturated rings. The minimum Gasteiger partial charge on any atom is -0.352 e. The van der Waals surface area contributed by atoms with E-state index in [1.165, 1.54) is 6.26 Å². The predicted octanol–water partition coefficient (Wildman–Crippen LogP) is 1.64. The summed E-state index contributed by atoms with van der Waals surface area (Å²) in [6.07, 6.45) is 5.47. The molecule has 1 N–H and O–H groups in total. The zero-order chi connectivity index (χ0) is 15.3. The standard InChI is InChI=1S/C15H18N2O3S/c1-21(19,20)12-4-9-16-15(18)13-5-7-14(8-6-13)17-10-2-3-11-17/h2-3,5-8,10-11H,4,9,12H2,1H3,(H,16,18). The van der Waals surface area contributed by atoms with Crippen LogP contribution in [0.1, 0.15) is 16.8 Å². The average Bonchev–Trinajstić information content (AvgIpc) is 2.96. The maximum Gasteiger partial charge on any atom is 0.251 e. The molecule has 1 amide bonds. The topological polar surface area (TPSA) is 68.2 Å². The molecule has 21 heavy (non-hydrogen) atoms. The Bertz CT molecular complexity index is 689. The summed E-state index contributed by atoms with van der Waals surface area (Å²) in [4.78, 5) is 11.9. The van der Waals surface area contributed by atoms with E-state index in [9.17, 15) is 13.2 Å².